The van der Waals surface area contributed by atoms with Crippen LogP contribution < -0.4 is 5.73 Å². The number of sulfone groups is 1. The first kappa shape index (κ1) is 15.1. The Balaban J connectivity index is 2.70. The summed E-state index contributed by atoms with van der Waals surface area (Å²) in [6, 6.07) is 6.25. The molecule has 1 aromatic carbocycles. The van der Waals surface area contributed by atoms with Crippen molar-refractivity contribution >= 4 is 20.7 Å². The molecule has 0 fully saturated rings. The van der Waals surface area contributed by atoms with Gasteiger partial charge in [0.2, 0.25) is 0 Å². The lowest BCUT2D eigenvalue weighted by Gasteiger charge is -2.09. The zero-order valence-electron chi connectivity index (χ0n) is 12.3. The molecular weight excluding hydrogens is 272 g/mol. The van der Waals surface area contributed by atoms with Gasteiger partial charge in [-0.1, -0.05) is 19.1 Å². The van der Waals surface area contributed by atoms with Crippen molar-refractivity contribution in [3.63, 3.8) is 0 Å². The SMILES string of the molecule is CCS(=O)(=O)Cc1cn(C(C)C)c2cccc(CN)c12. The van der Waals surface area contributed by atoms with Crippen LogP contribution in [0.5, 0.6) is 0 Å². The van der Waals surface area contributed by atoms with Gasteiger partial charge in [0.25, 0.3) is 0 Å². The first-order chi connectivity index (χ1) is 9.39. The number of fused-ring (bicyclic) bond motifs is 1. The third kappa shape index (κ3) is 2.74. The highest BCUT2D eigenvalue weighted by atomic mass is 32.2. The van der Waals surface area contributed by atoms with Crippen LogP contribution in [0.15, 0.2) is 24.4 Å². The maximum atomic E-state index is 12.0. The van der Waals surface area contributed by atoms with Crippen molar-refractivity contribution in [3.05, 3.63) is 35.5 Å². The monoisotopic (exact) mass is 294 g/mol. The van der Waals surface area contributed by atoms with E-state index in [9.17, 15) is 8.42 Å². The third-order valence-corrected chi connectivity index (χ3v) is 5.24. The summed E-state index contributed by atoms with van der Waals surface area (Å²) in [4.78, 5) is 0. The molecule has 0 aliphatic carbocycles. The highest BCUT2D eigenvalue weighted by Crippen LogP contribution is 2.29. The average molecular weight is 294 g/mol. The van der Waals surface area contributed by atoms with Gasteiger partial charge in [-0.05, 0) is 31.0 Å². The van der Waals surface area contributed by atoms with Crippen LogP contribution in [-0.2, 0) is 22.1 Å². The summed E-state index contributed by atoms with van der Waals surface area (Å²) in [5, 5.41) is 1.00. The fraction of sp³-hybridized carbons (Fsp3) is 0.467. The Morgan fingerprint density at radius 2 is 1.95 bits per heavy atom. The summed E-state index contributed by atoms with van der Waals surface area (Å²) in [5.41, 5.74) is 8.73. The van der Waals surface area contributed by atoms with Gasteiger partial charge in [-0.3, -0.25) is 0 Å². The normalized spacial score (nSPS) is 12.4. The predicted molar refractivity (Wildman–Crippen MR) is 83.4 cm³/mol. The lowest BCUT2D eigenvalue weighted by atomic mass is 10.1. The maximum Gasteiger partial charge on any atom is 0.154 e. The molecule has 20 heavy (non-hydrogen) atoms. The van der Waals surface area contributed by atoms with Crippen LogP contribution in [0, 0.1) is 0 Å². The van der Waals surface area contributed by atoms with Gasteiger partial charge in [0.1, 0.15) is 0 Å². The quantitative estimate of drug-likeness (QED) is 0.922. The van der Waals surface area contributed by atoms with Gasteiger partial charge in [0.15, 0.2) is 9.84 Å². The van der Waals surface area contributed by atoms with Gasteiger partial charge >= 0.3 is 0 Å². The van der Waals surface area contributed by atoms with Crippen molar-refractivity contribution in [1.29, 1.82) is 0 Å². The zero-order chi connectivity index (χ0) is 14.9. The Morgan fingerprint density at radius 1 is 1.25 bits per heavy atom. The Bertz CT molecular complexity index is 715. The summed E-state index contributed by atoms with van der Waals surface area (Å²) in [6.07, 6.45) is 1.96. The summed E-state index contributed by atoms with van der Waals surface area (Å²) in [5.74, 6) is 0.239. The van der Waals surface area contributed by atoms with E-state index >= 15 is 0 Å². The predicted octanol–water partition coefficient (Wildman–Crippen LogP) is 2.62. The molecule has 0 spiro atoms. The lowest BCUT2D eigenvalue weighted by Crippen LogP contribution is -2.07. The molecule has 0 amide bonds. The second-order valence-electron chi connectivity index (χ2n) is 5.35. The van der Waals surface area contributed by atoms with E-state index in [1.165, 1.54) is 0 Å². The molecule has 110 valence electrons. The summed E-state index contributed by atoms with van der Waals surface area (Å²) >= 11 is 0. The van der Waals surface area contributed by atoms with Crippen LogP contribution in [0.2, 0.25) is 0 Å². The van der Waals surface area contributed by atoms with Gasteiger partial charge in [0, 0.05) is 35.4 Å². The fourth-order valence-electron chi connectivity index (χ4n) is 2.52. The van der Waals surface area contributed by atoms with Crippen molar-refractivity contribution < 1.29 is 8.42 Å². The van der Waals surface area contributed by atoms with E-state index in [0.29, 0.717) is 6.54 Å². The lowest BCUT2D eigenvalue weighted by molar-refractivity contribution is 0.595. The summed E-state index contributed by atoms with van der Waals surface area (Å²) in [6.45, 7) is 6.28. The Labute approximate surface area is 120 Å². The van der Waals surface area contributed by atoms with E-state index in [4.69, 9.17) is 5.73 Å². The fourth-order valence-corrected chi connectivity index (χ4v) is 3.42. The van der Waals surface area contributed by atoms with Crippen LogP contribution in [0.4, 0.5) is 0 Å². The first-order valence-electron chi connectivity index (χ1n) is 6.91. The molecule has 4 nitrogen and oxygen atoms in total. The molecule has 0 radical (unpaired) electrons. The van der Waals surface area contributed by atoms with E-state index in [1.54, 1.807) is 6.92 Å². The molecule has 0 unspecified atom stereocenters. The van der Waals surface area contributed by atoms with Crippen LogP contribution in [0.3, 0.4) is 0 Å². The number of nitrogens with two attached hydrogens (primary N) is 1. The number of hydrogen-bond donors (Lipinski definition) is 1. The molecule has 5 heteroatoms. The Kier molecular flexibility index (Phi) is 4.20. The zero-order valence-corrected chi connectivity index (χ0v) is 13.1. The molecule has 0 bridgehead atoms. The second-order valence-corrected chi connectivity index (χ2v) is 7.70. The number of hydrogen-bond acceptors (Lipinski definition) is 3. The molecule has 0 atom stereocenters. The van der Waals surface area contributed by atoms with Crippen LogP contribution in [0.25, 0.3) is 10.9 Å². The molecule has 0 aliphatic rings. The van der Waals surface area contributed by atoms with E-state index in [1.807, 2.05) is 24.4 Å². The van der Waals surface area contributed by atoms with Crippen molar-refractivity contribution in [3.8, 4) is 0 Å². The molecule has 0 aliphatic heterocycles. The molecule has 2 aromatic rings. The van der Waals surface area contributed by atoms with Gasteiger partial charge in [-0.15, -0.1) is 0 Å². The molecule has 1 heterocycles. The Morgan fingerprint density at radius 3 is 2.50 bits per heavy atom. The highest BCUT2D eigenvalue weighted by molar-refractivity contribution is 7.90. The molecule has 0 saturated carbocycles. The second kappa shape index (κ2) is 5.58. The average Bonchev–Trinajstić information content (AvgIpc) is 2.77. The van der Waals surface area contributed by atoms with Crippen molar-refractivity contribution in [1.82, 2.24) is 4.57 Å². The number of rotatable bonds is 5. The van der Waals surface area contributed by atoms with Gasteiger partial charge in [0.05, 0.1) is 5.75 Å². The van der Waals surface area contributed by atoms with Crippen molar-refractivity contribution in [2.45, 2.75) is 39.1 Å². The smallest absolute Gasteiger partial charge is 0.154 e. The van der Waals surface area contributed by atoms with Gasteiger partial charge < -0.3 is 10.3 Å². The van der Waals surface area contributed by atoms with Crippen molar-refractivity contribution in [2.75, 3.05) is 5.75 Å². The van der Waals surface area contributed by atoms with Crippen LogP contribution >= 0.6 is 0 Å². The number of aromatic nitrogens is 1. The molecule has 1 aromatic heterocycles. The minimum atomic E-state index is -3.06. The van der Waals surface area contributed by atoms with E-state index in [2.05, 4.69) is 18.4 Å². The minimum absolute atomic E-state index is 0.0801. The third-order valence-electron chi connectivity index (χ3n) is 3.61. The van der Waals surface area contributed by atoms with E-state index in [-0.39, 0.29) is 17.5 Å². The van der Waals surface area contributed by atoms with Crippen molar-refractivity contribution in [2.24, 2.45) is 5.73 Å². The molecular formula is C15H22N2O2S. The Hall–Kier alpha value is -1.33. The van der Waals surface area contributed by atoms with Crippen LogP contribution in [-0.4, -0.2) is 18.7 Å². The first-order valence-corrected chi connectivity index (χ1v) is 8.73. The summed E-state index contributed by atoms with van der Waals surface area (Å²) < 4.78 is 26.0. The highest BCUT2D eigenvalue weighted by Gasteiger charge is 2.18. The molecule has 2 rings (SSSR count). The van der Waals surface area contributed by atoms with E-state index < -0.39 is 9.84 Å². The summed E-state index contributed by atoms with van der Waals surface area (Å²) in [7, 11) is -3.06. The molecule has 2 N–H and O–H groups in total. The van der Waals surface area contributed by atoms with Crippen LogP contribution in [0.1, 0.15) is 37.9 Å². The standard InChI is InChI=1S/C15H22N2O2S/c1-4-20(18,19)10-13-9-17(11(2)3)14-7-5-6-12(8-16)15(13)14/h5-7,9,11H,4,8,10,16H2,1-3H3. The number of nitrogens with zero attached hydrogens (tertiary/aromatic N) is 1. The van der Waals surface area contributed by atoms with E-state index in [0.717, 1.165) is 22.0 Å². The minimum Gasteiger partial charge on any atom is -0.345 e. The number of benzene rings is 1. The largest absolute Gasteiger partial charge is 0.345 e. The topological polar surface area (TPSA) is 65.1 Å². The maximum absolute atomic E-state index is 12.0. The molecule has 0 saturated heterocycles. The van der Waals surface area contributed by atoms with Gasteiger partial charge in [-0.2, -0.15) is 0 Å². The van der Waals surface area contributed by atoms with Gasteiger partial charge in [-0.25, -0.2) is 8.42 Å².